The lowest BCUT2D eigenvalue weighted by molar-refractivity contribution is 0.199. The standard InChI is InChI=1S/C11H22N2/c1-8-5-11(6-8)13-10-3-4-12-9(2)7-10/h8-13H,3-7H2,1-2H3. The summed E-state index contributed by atoms with van der Waals surface area (Å²) in [5, 5.41) is 7.27. The highest BCUT2D eigenvalue weighted by Gasteiger charge is 2.28. The molecule has 0 bridgehead atoms. The van der Waals surface area contributed by atoms with Gasteiger partial charge >= 0.3 is 0 Å². The summed E-state index contributed by atoms with van der Waals surface area (Å²) in [6.45, 7) is 5.83. The first kappa shape index (κ1) is 9.47. The third-order valence-corrected chi connectivity index (χ3v) is 3.47. The molecule has 2 aliphatic rings. The van der Waals surface area contributed by atoms with Crippen LogP contribution >= 0.6 is 0 Å². The lowest BCUT2D eigenvalue weighted by Crippen LogP contribution is -2.51. The van der Waals surface area contributed by atoms with E-state index in [1.54, 1.807) is 0 Å². The van der Waals surface area contributed by atoms with E-state index in [1.165, 1.54) is 32.2 Å². The molecule has 0 radical (unpaired) electrons. The van der Waals surface area contributed by atoms with Crippen molar-refractivity contribution in [3.8, 4) is 0 Å². The molecule has 76 valence electrons. The molecule has 0 spiro atoms. The Morgan fingerprint density at radius 2 is 1.85 bits per heavy atom. The molecule has 1 aliphatic carbocycles. The summed E-state index contributed by atoms with van der Waals surface area (Å²) < 4.78 is 0. The number of rotatable bonds is 2. The lowest BCUT2D eigenvalue weighted by atomic mass is 9.81. The molecule has 2 heteroatoms. The Kier molecular flexibility index (Phi) is 2.89. The highest BCUT2D eigenvalue weighted by Crippen LogP contribution is 2.27. The summed E-state index contributed by atoms with van der Waals surface area (Å²) in [5.74, 6) is 0.969. The second kappa shape index (κ2) is 3.97. The van der Waals surface area contributed by atoms with Crippen LogP contribution in [0, 0.1) is 5.92 Å². The van der Waals surface area contributed by atoms with Gasteiger partial charge in [-0.3, -0.25) is 0 Å². The summed E-state index contributed by atoms with van der Waals surface area (Å²) in [5.41, 5.74) is 0. The maximum absolute atomic E-state index is 3.78. The number of piperidine rings is 1. The van der Waals surface area contributed by atoms with Crippen LogP contribution in [0.25, 0.3) is 0 Å². The molecule has 0 aromatic rings. The Morgan fingerprint density at radius 3 is 2.46 bits per heavy atom. The third-order valence-electron chi connectivity index (χ3n) is 3.47. The normalized spacial score (nSPS) is 45.7. The van der Waals surface area contributed by atoms with E-state index >= 15 is 0 Å². The Morgan fingerprint density at radius 1 is 1.08 bits per heavy atom. The first-order chi connectivity index (χ1) is 6.24. The maximum Gasteiger partial charge on any atom is 0.00964 e. The smallest absolute Gasteiger partial charge is 0.00964 e. The van der Waals surface area contributed by atoms with Gasteiger partial charge in [-0.15, -0.1) is 0 Å². The van der Waals surface area contributed by atoms with Crippen molar-refractivity contribution in [2.75, 3.05) is 6.54 Å². The minimum atomic E-state index is 0.712. The van der Waals surface area contributed by atoms with E-state index in [1.807, 2.05) is 0 Å². The van der Waals surface area contributed by atoms with E-state index in [-0.39, 0.29) is 0 Å². The summed E-state index contributed by atoms with van der Waals surface area (Å²) in [4.78, 5) is 0. The molecule has 1 aliphatic heterocycles. The minimum Gasteiger partial charge on any atom is -0.314 e. The second-order valence-corrected chi connectivity index (χ2v) is 5.02. The summed E-state index contributed by atoms with van der Waals surface area (Å²) in [6, 6.07) is 2.34. The summed E-state index contributed by atoms with van der Waals surface area (Å²) >= 11 is 0. The van der Waals surface area contributed by atoms with E-state index in [2.05, 4.69) is 24.5 Å². The molecule has 1 heterocycles. The lowest BCUT2D eigenvalue weighted by Gasteiger charge is -2.39. The van der Waals surface area contributed by atoms with Gasteiger partial charge < -0.3 is 10.6 Å². The van der Waals surface area contributed by atoms with Crippen LogP contribution in [0.5, 0.6) is 0 Å². The average Bonchev–Trinajstić information content (AvgIpc) is 2.01. The Hall–Kier alpha value is -0.0800. The molecule has 2 nitrogen and oxygen atoms in total. The van der Waals surface area contributed by atoms with E-state index < -0.39 is 0 Å². The molecule has 0 amide bonds. The van der Waals surface area contributed by atoms with Crippen molar-refractivity contribution < 1.29 is 0 Å². The molecule has 1 saturated carbocycles. The van der Waals surface area contributed by atoms with Crippen LogP contribution in [0.2, 0.25) is 0 Å². The van der Waals surface area contributed by atoms with Gasteiger partial charge in [-0.1, -0.05) is 6.92 Å². The number of hydrogen-bond acceptors (Lipinski definition) is 2. The van der Waals surface area contributed by atoms with Crippen molar-refractivity contribution in [1.29, 1.82) is 0 Å². The van der Waals surface area contributed by atoms with Crippen molar-refractivity contribution in [3.63, 3.8) is 0 Å². The molecule has 2 unspecified atom stereocenters. The van der Waals surface area contributed by atoms with Gasteiger partial charge in [0.2, 0.25) is 0 Å². The highest BCUT2D eigenvalue weighted by atomic mass is 15.0. The Labute approximate surface area is 81.5 Å². The van der Waals surface area contributed by atoms with E-state index in [9.17, 15) is 0 Å². The molecule has 2 N–H and O–H groups in total. The van der Waals surface area contributed by atoms with E-state index in [0.29, 0.717) is 6.04 Å². The molecule has 0 aromatic carbocycles. The quantitative estimate of drug-likeness (QED) is 0.676. The van der Waals surface area contributed by atoms with Gasteiger partial charge in [0, 0.05) is 18.1 Å². The van der Waals surface area contributed by atoms with Gasteiger partial charge in [0.05, 0.1) is 0 Å². The second-order valence-electron chi connectivity index (χ2n) is 5.02. The summed E-state index contributed by atoms with van der Waals surface area (Å²) in [6.07, 6.45) is 5.43. The molecule has 2 rings (SSSR count). The van der Waals surface area contributed by atoms with Crippen LogP contribution in [0.4, 0.5) is 0 Å². The molecule has 0 aromatic heterocycles. The van der Waals surface area contributed by atoms with Gasteiger partial charge in [0.15, 0.2) is 0 Å². The Balaban J connectivity index is 1.69. The van der Waals surface area contributed by atoms with Crippen molar-refractivity contribution in [2.24, 2.45) is 5.92 Å². The van der Waals surface area contributed by atoms with E-state index in [4.69, 9.17) is 0 Å². The zero-order chi connectivity index (χ0) is 9.26. The van der Waals surface area contributed by atoms with Gasteiger partial charge in [-0.2, -0.15) is 0 Å². The van der Waals surface area contributed by atoms with Crippen LogP contribution < -0.4 is 10.6 Å². The third kappa shape index (κ3) is 2.44. The van der Waals surface area contributed by atoms with E-state index in [0.717, 1.165) is 18.0 Å². The number of hydrogen-bond donors (Lipinski definition) is 2. The average molecular weight is 182 g/mol. The minimum absolute atomic E-state index is 0.712. The van der Waals surface area contributed by atoms with Crippen molar-refractivity contribution in [3.05, 3.63) is 0 Å². The molecular formula is C11H22N2. The van der Waals surface area contributed by atoms with Gasteiger partial charge in [0.1, 0.15) is 0 Å². The predicted octanol–water partition coefficient (Wildman–Crippen LogP) is 1.51. The van der Waals surface area contributed by atoms with Gasteiger partial charge in [-0.05, 0) is 45.1 Å². The van der Waals surface area contributed by atoms with Crippen molar-refractivity contribution >= 4 is 0 Å². The SMILES string of the molecule is CC1CC(NC2CCNC(C)C2)C1. The Bertz CT molecular complexity index is 163. The summed E-state index contributed by atoms with van der Waals surface area (Å²) in [7, 11) is 0. The van der Waals surface area contributed by atoms with Crippen LogP contribution in [0.1, 0.15) is 39.5 Å². The van der Waals surface area contributed by atoms with Crippen LogP contribution in [-0.2, 0) is 0 Å². The predicted molar refractivity (Wildman–Crippen MR) is 55.8 cm³/mol. The molecule has 2 fully saturated rings. The first-order valence-corrected chi connectivity index (χ1v) is 5.73. The zero-order valence-corrected chi connectivity index (χ0v) is 8.84. The highest BCUT2D eigenvalue weighted by molar-refractivity contribution is 4.88. The van der Waals surface area contributed by atoms with Crippen LogP contribution in [0.3, 0.4) is 0 Å². The fourth-order valence-corrected chi connectivity index (χ4v) is 2.66. The zero-order valence-electron chi connectivity index (χ0n) is 8.84. The van der Waals surface area contributed by atoms with Gasteiger partial charge in [-0.25, -0.2) is 0 Å². The van der Waals surface area contributed by atoms with Gasteiger partial charge in [0.25, 0.3) is 0 Å². The fraction of sp³-hybridized carbons (Fsp3) is 1.00. The topological polar surface area (TPSA) is 24.1 Å². The fourth-order valence-electron chi connectivity index (χ4n) is 2.66. The maximum atomic E-state index is 3.78. The molecule has 13 heavy (non-hydrogen) atoms. The molecular weight excluding hydrogens is 160 g/mol. The van der Waals surface area contributed by atoms with Crippen LogP contribution in [0.15, 0.2) is 0 Å². The van der Waals surface area contributed by atoms with Crippen molar-refractivity contribution in [2.45, 2.75) is 57.7 Å². The van der Waals surface area contributed by atoms with Crippen LogP contribution in [-0.4, -0.2) is 24.7 Å². The first-order valence-electron chi connectivity index (χ1n) is 5.73. The molecule has 1 saturated heterocycles. The molecule has 2 atom stereocenters. The largest absolute Gasteiger partial charge is 0.314 e. The number of nitrogens with one attached hydrogen (secondary N) is 2. The monoisotopic (exact) mass is 182 g/mol. The van der Waals surface area contributed by atoms with Crippen molar-refractivity contribution in [1.82, 2.24) is 10.6 Å².